The summed E-state index contributed by atoms with van der Waals surface area (Å²) in [6, 6.07) is 15.9. The molecule has 0 aliphatic carbocycles. The normalized spacial score (nSPS) is 10.1. The van der Waals surface area contributed by atoms with Crippen LogP contribution < -0.4 is 11.1 Å². The van der Waals surface area contributed by atoms with Crippen molar-refractivity contribution in [1.82, 2.24) is 0 Å². The maximum Gasteiger partial charge on any atom is 0.0487 e. The first kappa shape index (κ1) is 11.0. The molecule has 0 aromatic heterocycles. The van der Waals surface area contributed by atoms with Crippen molar-refractivity contribution in [3.05, 3.63) is 58.6 Å². The standard InChI is InChI=1S/C13H13BrN2/c14-12-6-1-2-7-13(12)16-9-10-4-3-5-11(15)8-10/h1-8,16H,9,15H2. The first-order valence-corrected chi connectivity index (χ1v) is 5.88. The predicted molar refractivity (Wildman–Crippen MR) is 72.3 cm³/mol. The third kappa shape index (κ3) is 2.76. The monoisotopic (exact) mass is 276 g/mol. The number of nitrogens with one attached hydrogen (secondary N) is 1. The van der Waals surface area contributed by atoms with Crippen molar-refractivity contribution in [2.45, 2.75) is 6.54 Å². The Labute approximate surface area is 104 Å². The third-order valence-corrected chi connectivity index (χ3v) is 3.00. The molecule has 0 saturated carbocycles. The molecule has 0 radical (unpaired) electrons. The molecule has 82 valence electrons. The molecule has 0 bridgehead atoms. The van der Waals surface area contributed by atoms with Crippen LogP contribution in [0.3, 0.4) is 0 Å². The number of hydrogen-bond acceptors (Lipinski definition) is 2. The maximum absolute atomic E-state index is 5.72. The van der Waals surface area contributed by atoms with Gasteiger partial charge in [0.2, 0.25) is 0 Å². The Morgan fingerprint density at radius 1 is 1.06 bits per heavy atom. The molecule has 3 N–H and O–H groups in total. The summed E-state index contributed by atoms with van der Waals surface area (Å²) < 4.78 is 1.07. The zero-order valence-corrected chi connectivity index (χ0v) is 10.4. The van der Waals surface area contributed by atoms with E-state index < -0.39 is 0 Å². The zero-order chi connectivity index (χ0) is 11.4. The second-order valence-corrected chi connectivity index (χ2v) is 4.43. The molecular weight excluding hydrogens is 264 g/mol. The van der Waals surface area contributed by atoms with E-state index in [4.69, 9.17) is 5.73 Å². The lowest BCUT2D eigenvalue weighted by atomic mass is 10.2. The summed E-state index contributed by atoms with van der Waals surface area (Å²) in [5, 5.41) is 3.35. The van der Waals surface area contributed by atoms with Gasteiger partial charge in [-0.25, -0.2) is 0 Å². The first-order chi connectivity index (χ1) is 7.75. The Hall–Kier alpha value is -1.48. The van der Waals surface area contributed by atoms with Gasteiger partial charge in [-0.3, -0.25) is 0 Å². The van der Waals surface area contributed by atoms with Gasteiger partial charge in [-0.05, 0) is 45.8 Å². The van der Waals surface area contributed by atoms with Gasteiger partial charge in [0.05, 0.1) is 0 Å². The molecule has 0 unspecified atom stereocenters. The molecule has 0 fully saturated rings. The topological polar surface area (TPSA) is 38.0 Å². The van der Waals surface area contributed by atoms with Gasteiger partial charge in [-0.15, -0.1) is 0 Å². The fourth-order valence-corrected chi connectivity index (χ4v) is 1.93. The van der Waals surface area contributed by atoms with E-state index in [-0.39, 0.29) is 0 Å². The number of halogens is 1. The summed E-state index contributed by atoms with van der Waals surface area (Å²) in [6.45, 7) is 0.771. The molecule has 0 amide bonds. The van der Waals surface area contributed by atoms with Gasteiger partial charge in [0.1, 0.15) is 0 Å². The number of rotatable bonds is 3. The van der Waals surface area contributed by atoms with Crippen LogP contribution in [-0.2, 0) is 6.54 Å². The molecule has 16 heavy (non-hydrogen) atoms. The average Bonchev–Trinajstić information content (AvgIpc) is 2.28. The maximum atomic E-state index is 5.72. The third-order valence-electron chi connectivity index (χ3n) is 2.31. The zero-order valence-electron chi connectivity index (χ0n) is 8.78. The largest absolute Gasteiger partial charge is 0.399 e. The van der Waals surface area contributed by atoms with Crippen molar-refractivity contribution < 1.29 is 0 Å². The second-order valence-electron chi connectivity index (χ2n) is 3.58. The fourth-order valence-electron chi connectivity index (χ4n) is 1.50. The van der Waals surface area contributed by atoms with Crippen molar-refractivity contribution in [2.24, 2.45) is 0 Å². The second kappa shape index (κ2) is 5.03. The van der Waals surface area contributed by atoms with Gasteiger partial charge in [-0.1, -0.05) is 24.3 Å². The van der Waals surface area contributed by atoms with Crippen molar-refractivity contribution in [1.29, 1.82) is 0 Å². The van der Waals surface area contributed by atoms with Crippen molar-refractivity contribution in [2.75, 3.05) is 11.1 Å². The number of nitrogen functional groups attached to an aromatic ring is 1. The molecule has 2 aromatic rings. The molecule has 0 saturated heterocycles. The van der Waals surface area contributed by atoms with Gasteiger partial charge >= 0.3 is 0 Å². The molecule has 3 heteroatoms. The quantitative estimate of drug-likeness (QED) is 0.840. The van der Waals surface area contributed by atoms with Crippen molar-refractivity contribution in [3.8, 4) is 0 Å². The van der Waals surface area contributed by atoms with Crippen LogP contribution >= 0.6 is 15.9 Å². The minimum atomic E-state index is 0.771. The molecule has 2 nitrogen and oxygen atoms in total. The summed E-state index contributed by atoms with van der Waals surface area (Å²) in [7, 11) is 0. The average molecular weight is 277 g/mol. The number of nitrogens with two attached hydrogens (primary N) is 1. The minimum Gasteiger partial charge on any atom is -0.399 e. The summed E-state index contributed by atoms with van der Waals surface area (Å²) in [4.78, 5) is 0. The van der Waals surface area contributed by atoms with Gasteiger partial charge in [0.15, 0.2) is 0 Å². The highest BCUT2D eigenvalue weighted by Gasteiger charge is 1.98. The van der Waals surface area contributed by atoms with Crippen LogP contribution in [0.15, 0.2) is 53.0 Å². The van der Waals surface area contributed by atoms with E-state index >= 15 is 0 Å². The highest BCUT2D eigenvalue weighted by Crippen LogP contribution is 2.21. The van der Waals surface area contributed by atoms with Crippen molar-refractivity contribution >= 4 is 27.3 Å². The van der Waals surface area contributed by atoms with Gasteiger partial charge in [-0.2, -0.15) is 0 Å². The molecular formula is C13H13BrN2. The lowest BCUT2D eigenvalue weighted by Crippen LogP contribution is -2.00. The summed E-state index contributed by atoms with van der Waals surface area (Å²) in [5.74, 6) is 0. The molecule has 0 atom stereocenters. The molecule has 0 spiro atoms. The number of benzene rings is 2. The number of para-hydroxylation sites is 1. The highest BCUT2D eigenvalue weighted by atomic mass is 79.9. The smallest absolute Gasteiger partial charge is 0.0487 e. The molecule has 0 aliphatic rings. The molecule has 2 rings (SSSR count). The fraction of sp³-hybridized carbons (Fsp3) is 0.0769. The highest BCUT2D eigenvalue weighted by molar-refractivity contribution is 9.10. The summed E-state index contributed by atoms with van der Waals surface area (Å²) >= 11 is 3.50. The van der Waals surface area contributed by atoms with Crippen LogP contribution in [0.4, 0.5) is 11.4 Å². The van der Waals surface area contributed by atoms with E-state index in [0.717, 1.165) is 22.4 Å². The summed E-state index contributed by atoms with van der Waals surface area (Å²) in [6.07, 6.45) is 0. The lowest BCUT2D eigenvalue weighted by Gasteiger charge is -2.08. The van der Waals surface area contributed by atoms with E-state index in [1.807, 2.05) is 42.5 Å². The van der Waals surface area contributed by atoms with E-state index in [1.54, 1.807) is 0 Å². The van der Waals surface area contributed by atoms with E-state index in [0.29, 0.717) is 0 Å². The van der Waals surface area contributed by atoms with E-state index in [1.165, 1.54) is 5.56 Å². The Morgan fingerprint density at radius 2 is 1.88 bits per heavy atom. The molecule has 0 heterocycles. The number of hydrogen-bond donors (Lipinski definition) is 2. The Morgan fingerprint density at radius 3 is 2.62 bits per heavy atom. The summed E-state index contributed by atoms with van der Waals surface area (Å²) in [5.41, 5.74) is 8.78. The van der Waals surface area contributed by atoms with E-state index in [2.05, 4.69) is 27.3 Å². The van der Waals surface area contributed by atoms with Crippen LogP contribution in [0.5, 0.6) is 0 Å². The van der Waals surface area contributed by atoms with Gasteiger partial charge < -0.3 is 11.1 Å². The molecule has 0 aliphatic heterocycles. The predicted octanol–water partition coefficient (Wildman–Crippen LogP) is 3.64. The Balaban J connectivity index is 2.05. The van der Waals surface area contributed by atoms with Crippen LogP contribution in [-0.4, -0.2) is 0 Å². The van der Waals surface area contributed by atoms with E-state index in [9.17, 15) is 0 Å². The van der Waals surface area contributed by atoms with Crippen LogP contribution in [0.2, 0.25) is 0 Å². The van der Waals surface area contributed by atoms with Crippen LogP contribution in [0.1, 0.15) is 5.56 Å². The Bertz CT molecular complexity index is 483. The Kier molecular flexibility index (Phi) is 3.47. The van der Waals surface area contributed by atoms with Gasteiger partial charge in [0, 0.05) is 22.4 Å². The van der Waals surface area contributed by atoms with Gasteiger partial charge in [0.25, 0.3) is 0 Å². The minimum absolute atomic E-state index is 0.771. The van der Waals surface area contributed by atoms with Crippen LogP contribution in [0, 0.1) is 0 Å². The number of anilines is 2. The lowest BCUT2D eigenvalue weighted by molar-refractivity contribution is 1.15. The van der Waals surface area contributed by atoms with Crippen LogP contribution in [0.25, 0.3) is 0 Å². The SMILES string of the molecule is Nc1cccc(CNc2ccccc2Br)c1. The van der Waals surface area contributed by atoms with Crippen molar-refractivity contribution in [3.63, 3.8) is 0 Å². The first-order valence-electron chi connectivity index (χ1n) is 5.08. The molecule has 2 aromatic carbocycles.